The number of rotatable bonds is 3. The third-order valence-corrected chi connectivity index (χ3v) is 4.67. The van der Waals surface area contributed by atoms with E-state index in [-0.39, 0.29) is 5.54 Å². The number of hydrogen-bond donors (Lipinski definition) is 1. The SMILES string of the molecule is CCc1nn(C)c(CN2CCCNC(C)(C)C2)c1Br. The van der Waals surface area contributed by atoms with Gasteiger partial charge in [-0.3, -0.25) is 9.58 Å². The fourth-order valence-corrected chi connectivity index (χ4v) is 3.50. The molecule has 0 radical (unpaired) electrons. The van der Waals surface area contributed by atoms with Crippen molar-refractivity contribution >= 4 is 15.9 Å². The van der Waals surface area contributed by atoms with Gasteiger partial charge in [-0.2, -0.15) is 5.10 Å². The summed E-state index contributed by atoms with van der Waals surface area (Å²) in [4.78, 5) is 2.53. The second kappa shape index (κ2) is 5.94. The van der Waals surface area contributed by atoms with Crippen molar-refractivity contribution in [1.82, 2.24) is 20.0 Å². The molecule has 1 aliphatic heterocycles. The van der Waals surface area contributed by atoms with Crippen LogP contribution in [0.2, 0.25) is 0 Å². The van der Waals surface area contributed by atoms with E-state index in [4.69, 9.17) is 0 Å². The van der Waals surface area contributed by atoms with Gasteiger partial charge in [0, 0.05) is 25.7 Å². The molecular formula is C14H25BrN4. The van der Waals surface area contributed by atoms with Crippen LogP contribution in [0.25, 0.3) is 0 Å². The smallest absolute Gasteiger partial charge is 0.0767 e. The van der Waals surface area contributed by atoms with E-state index < -0.39 is 0 Å². The molecule has 2 heterocycles. The Hall–Kier alpha value is -0.390. The topological polar surface area (TPSA) is 33.1 Å². The first-order valence-electron chi connectivity index (χ1n) is 7.10. The summed E-state index contributed by atoms with van der Waals surface area (Å²) in [6, 6.07) is 0. The van der Waals surface area contributed by atoms with Crippen molar-refractivity contribution < 1.29 is 0 Å². The van der Waals surface area contributed by atoms with Gasteiger partial charge in [0.05, 0.1) is 15.9 Å². The molecule has 1 aromatic rings. The molecule has 1 fully saturated rings. The Bertz CT molecular complexity index is 439. The van der Waals surface area contributed by atoms with E-state index in [1.54, 1.807) is 0 Å². The minimum atomic E-state index is 0.190. The Morgan fingerprint density at radius 2 is 2.16 bits per heavy atom. The van der Waals surface area contributed by atoms with E-state index in [1.807, 2.05) is 11.7 Å². The van der Waals surface area contributed by atoms with Crippen molar-refractivity contribution in [2.24, 2.45) is 7.05 Å². The zero-order valence-corrected chi connectivity index (χ0v) is 14.0. The van der Waals surface area contributed by atoms with Gasteiger partial charge in [-0.1, -0.05) is 6.92 Å². The van der Waals surface area contributed by atoms with Crippen molar-refractivity contribution in [3.05, 3.63) is 15.9 Å². The van der Waals surface area contributed by atoms with Crippen LogP contribution in [0.3, 0.4) is 0 Å². The summed E-state index contributed by atoms with van der Waals surface area (Å²) in [5.41, 5.74) is 2.63. The van der Waals surface area contributed by atoms with Crippen LogP contribution in [0.4, 0.5) is 0 Å². The van der Waals surface area contributed by atoms with Gasteiger partial charge in [0.25, 0.3) is 0 Å². The Balaban J connectivity index is 2.14. The van der Waals surface area contributed by atoms with Crippen LogP contribution < -0.4 is 5.32 Å². The fourth-order valence-electron chi connectivity index (χ4n) is 2.76. The number of nitrogens with one attached hydrogen (secondary N) is 1. The molecule has 2 rings (SSSR count). The summed E-state index contributed by atoms with van der Waals surface area (Å²) >= 11 is 3.71. The number of hydrogen-bond acceptors (Lipinski definition) is 3. The molecule has 0 atom stereocenters. The molecule has 0 amide bonds. The Labute approximate surface area is 124 Å². The number of nitrogens with zero attached hydrogens (tertiary/aromatic N) is 3. The molecule has 0 aromatic carbocycles. The van der Waals surface area contributed by atoms with E-state index in [0.717, 1.165) is 38.3 Å². The molecule has 5 heteroatoms. The largest absolute Gasteiger partial charge is 0.310 e. The highest BCUT2D eigenvalue weighted by molar-refractivity contribution is 9.10. The maximum absolute atomic E-state index is 4.58. The van der Waals surface area contributed by atoms with Crippen LogP contribution >= 0.6 is 15.9 Å². The van der Waals surface area contributed by atoms with Gasteiger partial charge in [-0.15, -0.1) is 0 Å². The summed E-state index contributed by atoms with van der Waals surface area (Å²) in [5.74, 6) is 0. The van der Waals surface area contributed by atoms with E-state index in [0.29, 0.717) is 0 Å². The van der Waals surface area contributed by atoms with E-state index >= 15 is 0 Å². The highest BCUT2D eigenvalue weighted by atomic mass is 79.9. The van der Waals surface area contributed by atoms with Crippen molar-refractivity contribution in [1.29, 1.82) is 0 Å². The lowest BCUT2D eigenvalue weighted by Gasteiger charge is -2.30. The Morgan fingerprint density at radius 1 is 1.42 bits per heavy atom. The van der Waals surface area contributed by atoms with Crippen molar-refractivity contribution in [2.45, 2.75) is 45.7 Å². The second-order valence-corrected chi connectivity index (χ2v) is 6.85. The van der Waals surface area contributed by atoms with Crippen molar-refractivity contribution in [3.8, 4) is 0 Å². The molecule has 19 heavy (non-hydrogen) atoms. The first kappa shape index (κ1) is 15.0. The first-order valence-corrected chi connectivity index (χ1v) is 7.90. The second-order valence-electron chi connectivity index (χ2n) is 6.06. The van der Waals surface area contributed by atoms with E-state index in [9.17, 15) is 0 Å². The monoisotopic (exact) mass is 328 g/mol. The number of halogens is 1. The number of aromatic nitrogens is 2. The Kier molecular flexibility index (Phi) is 4.69. The highest BCUT2D eigenvalue weighted by Gasteiger charge is 2.25. The predicted molar refractivity (Wildman–Crippen MR) is 82.3 cm³/mol. The third kappa shape index (κ3) is 3.58. The Morgan fingerprint density at radius 3 is 2.79 bits per heavy atom. The van der Waals surface area contributed by atoms with Gasteiger partial charge in [0.15, 0.2) is 0 Å². The minimum Gasteiger partial charge on any atom is -0.310 e. The molecular weight excluding hydrogens is 304 g/mol. The maximum atomic E-state index is 4.58. The summed E-state index contributed by atoms with van der Waals surface area (Å²) in [6.07, 6.45) is 2.18. The highest BCUT2D eigenvalue weighted by Crippen LogP contribution is 2.24. The molecule has 1 aromatic heterocycles. The van der Waals surface area contributed by atoms with Crippen LogP contribution in [-0.4, -0.2) is 39.9 Å². The molecule has 0 bridgehead atoms. The average Bonchev–Trinajstić information content (AvgIpc) is 2.51. The molecule has 4 nitrogen and oxygen atoms in total. The lowest BCUT2D eigenvalue weighted by molar-refractivity contribution is 0.219. The van der Waals surface area contributed by atoms with Crippen LogP contribution in [-0.2, 0) is 20.0 Å². The molecule has 0 aliphatic carbocycles. The van der Waals surface area contributed by atoms with Crippen molar-refractivity contribution in [2.75, 3.05) is 19.6 Å². The zero-order valence-electron chi connectivity index (χ0n) is 12.5. The lowest BCUT2D eigenvalue weighted by atomic mass is 10.1. The van der Waals surface area contributed by atoms with Gasteiger partial charge in [-0.25, -0.2) is 0 Å². The number of aryl methyl sites for hydroxylation is 2. The molecule has 0 saturated carbocycles. The standard InChI is InChI=1S/C14H25BrN4/c1-5-11-13(15)12(18(4)17-11)9-19-8-6-7-16-14(2,3)10-19/h16H,5-10H2,1-4H3. The van der Waals surface area contributed by atoms with E-state index in [1.165, 1.54) is 16.6 Å². The van der Waals surface area contributed by atoms with Gasteiger partial charge in [0.1, 0.15) is 0 Å². The van der Waals surface area contributed by atoms with Crippen LogP contribution in [0.5, 0.6) is 0 Å². The molecule has 1 saturated heterocycles. The van der Waals surface area contributed by atoms with Gasteiger partial charge >= 0.3 is 0 Å². The molecule has 0 unspecified atom stereocenters. The van der Waals surface area contributed by atoms with Gasteiger partial charge in [0.2, 0.25) is 0 Å². The summed E-state index contributed by atoms with van der Waals surface area (Å²) < 4.78 is 3.21. The van der Waals surface area contributed by atoms with Gasteiger partial charge in [-0.05, 0) is 55.7 Å². The molecule has 108 valence electrons. The fraction of sp³-hybridized carbons (Fsp3) is 0.786. The zero-order chi connectivity index (χ0) is 14.0. The summed E-state index contributed by atoms with van der Waals surface area (Å²) in [5, 5.41) is 8.19. The van der Waals surface area contributed by atoms with Gasteiger partial charge < -0.3 is 5.32 Å². The first-order chi connectivity index (χ1) is 8.93. The van der Waals surface area contributed by atoms with E-state index in [2.05, 4.69) is 52.0 Å². The normalized spacial score (nSPS) is 20.5. The summed E-state index contributed by atoms with van der Waals surface area (Å²) in [7, 11) is 2.04. The lowest BCUT2D eigenvalue weighted by Crippen LogP contribution is -2.46. The maximum Gasteiger partial charge on any atom is 0.0767 e. The minimum absolute atomic E-state index is 0.190. The third-order valence-electron chi connectivity index (χ3n) is 3.75. The van der Waals surface area contributed by atoms with Crippen molar-refractivity contribution in [3.63, 3.8) is 0 Å². The molecule has 0 spiro atoms. The average molecular weight is 329 g/mol. The predicted octanol–water partition coefficient (Wildman–Crippen LogP) is 2.32. The molecule has 1 N–H and O–H groups in total. The quantitative estimate of drug-likeness (QED) is 0.924. The summed E-state index contributed by atoms with van der Waals surface area (Å²) in [6.45, 7) is 11.0. The molecule has 1 aliphatic rings. The van der Waals surface area contributed by atoms with Crippen LogP contribution in [0.15, 0.2) is 4.47 Å². The van der Waals surface area contributed by atoms with Crippen LogP contribution in [0, 0.1) is 0 Å². The van der Waals surface area contributed by atoms with Crippen LogP contribution in [0.1, 0.15) is 38.6 Å².